The Balaban J connectivity index is 1.68. The van der Waals surface area contributed by atoms with Gasteiger partial charge >= 0.3 is 5.97 Å². The Kier molecular flexibility index (Phi) is 6.32. The Hall–Kier alpha value is -1.35. The van der Waals surface area contributed by atoms with E-state index >= 15 is 0 Å². The number of allylic oxidation sites excluding steroid dienone is 5. The highest BCUT2D eigenvalue weighted by atomic mass is 16.4. The van der Waals surface area contributed by atoms with E-state index in [0.717, 1.165) is 44.9 Å². The molecule has 0 unspecified atom stereocenters. The fourth-order valence-corrected chi connectivity index (χ4v) is 8.80. The van der Waals surface area contributed by atoms with E-state index < -0.39 is 5.97 Å². The molecule has 0 heterocycles. The van der Waals surface area contributed by atoms with Crippen LogP contribution in [0, 0.1) is 45.3 Å². The lowest BCUT2D eigenvalue weighted by atomic mass is 9.44. The first-order valence-corrected chi connectivity index (χ1v) is 13.7. The van der Waals surface area contributed by atoms with Gasteiger partial charge in [0, 0.05) is 0 Å². The van der Waals surface area contributed by atoms with Crippen molar-refractivity contribution in [1.82, 2.24) is 0 Å². The maximum Gasteiger partial charge on any atom is 0.306 e. The van der Waals surface area contributed by atoms with E-state index in [0.29, 0.717) is 18.3 Å². The first-order chi connectivity index (χ1) is 15.7. The summed E-state index contributed by atoms with van der Waals surface area (Å²) in [6.07, 6.45) is 12.2. The third kappa shape index (κ3) is 3.51. The molecule has 4 rings (SSSR count). The number of aliphatic hydroxyl groups is 1. The summed E-state index contributed by atoms with van der Waals surface area (Å²) < 4.78 is 0. The van der Waals surface area contributed by atoms with Gasteiger partial charge in [0.1, 0.15) is 0 Å². The zero-order chi connectivity index (χ0) is 25.3. The summed E-state index contributed by atoms with van der Waals surface area (Å²) in [5.41, 5.74) is 4.16. The number of carboxylic acid groups (broad SMARTS) is 1. The topological polar surface area (TPSA) is 57.5 Å². The maximum absolute atomic E-state index is 12.5. The molecule has 7 atom stereocenters. The molecule has 0 radical (unpaired) electrons. The molecule has 0 amide bonds. The number of carbonyl (C=O) groups is 1. The molecule has 0 spiro atoms. The van der Waals surface area contributed by atoms with Crippen LogP contribution in [0.15, 0.2) is 35.5 Å². The van der Waals surface area contributed by atoms with Crippen molar-refractivity contribution in [2.24, 2.45) is 45.3 Å². The Bertz CT molecular complexity index is 923. The van der Waals surface area contributed by atoms with Gasteiger partial charge < -0.3 is 10.2 Å². The molecule has 0 aromatic heterocycles. The molecule has 4 aliphatic rings. The fourth-order valence-electron chi connectivity index (χ4n) is 8.80. The number of fused-ring (bicyclic) bond motifs is 5. The average molecular weight is 469 g/mol. The van der Waals surface area contributed by atoms with Gasteiger partial charge in [-0.3, -0.25) is 4.79 Å². The highest BCUT2D eigenvalue weighted by molar-refractivity contribution is 5.71. The van der Waals surface area contributed by atoms with E-state index in [9.17, 15) is 15.0 Å². The predicted octanol–water partition coefficient (Wildman–Crippen LogP) is 7.57. The second kappa shape index (κ2) is 8.36. The molecular formula is C31H48O3. The second-order valence-electron chi connectivity index (χ2n) is 13.7. The monoisotopic (exact) mass is 468 g/mol. The SMILES string of the molecule is C=C(CC[C@H](C(=O)O)[C@H]1CC[C@@]2(C)C3=CC[C@H]4C(C)(C)[C@@H](O)CC[C@]4(C)C3=CC[C@]12C)C(C)C. The summed E-state index contributed by atoms with van der Waals surface area (Å²) in [5.74, 6) is 0.0861. The van der Waals surface area contributed by atoms with Crippen molar-refractivity contribution in [2.45, 2.75) is 106 Å². The van der Waals surface area contributed by atoms with E-state index in [1.807, 2.05) is 0 Å². The standard InChI is InChI=1S/C31H48O3/c1-19(2)20(3)9-10-21(27(33)34)22-13-17-31(8)24-11-12-25-28(4,5)26(32)15-16-29(25,6)23(24)14-18-30(22,31)7/h11,14,19,21-22,25-26,32H,3,9-10,12-13,15-18H2,1-2,4-8H3,(H,33,34)/t21-,22+,25-,26-,29+,30+,31-/m0/s1. The van der Waals surface area contributed by atoms with E-state index in [2.05, 4.69) is 67.2 Å². The normalized spacial score (nSPS) is 41.6. The summed E-state index contributed by atoms with van der Waals surface area (Å²) in [6, 6.07) is 0. The number of hydrogen-bond acceptors (Lipinski definition) is 2. The molecule has 2 N–H and O–H groups in total. The Labute approximate surface area is 207 Å². The van der Waals surface area contributed by atoms with Crippen LogP contribution in [-0.2, 0) is 4.79 Å². The van der Waals surface area contributed by atoms with Gasteiger partial charge in [0.05, 0.1) is 12.0 Å². The molecule has 0 aromatic carbocycles. The van der Waals surface area contributed by atoms with Crippen LogP contribution in [-0.4, -0.2) is 22.3 Å². The van der Waals surface area contributed by atoms with Gasteiger partial charge in [0.25, 0.3) is 0 Å². The minimum Gasteiger partial charge on any atom is -0.481 e. The lowest BCUT2D eigenvalue weighted by molar-refractivity contribution is -0.146. The van der Waals surface area contributed by atoms with Gasteiger partial charge in [-0.05, 0) is 102 Å². The lowest BCUT2D eigenvalue weighted by Gasteiger charge is -2.61. The molecule has 0 saturated heterocycles. The van der Waals surface area contributed by atoms with Gasteiger partial charge in [-0.1, -0.05) is 72.8 Å². The van der Waals surface area contributed by atoms with Crippen molar-refractivity contribution in [3.8, 4) is 0 Å². The van der Waals surface area contributed by atoms with E-state index in [1.54, 1.807) is 0 Å². The predicted molar refractivity (Wildman–Crippen MR) is 139 cm³/mol. The van der Waals surface area contributed by atoms with Crippen molar-refractivity contribution in [2.75, 3.05) is 0 Å². The van der Waals surface area contributed by atoms with Gasteiger partial charge in [-0.25, -0.2) is 0 Å². The van der Waals surface area contributed by atoms with Crippen LogP contribution in [0.3, 0.4) is 0 Å². The van der Waals surface area contributed by atoms with Crippen molar-refractivity contribution in [3.05, 3.63) is 35.5 Å². The van der Waals surface area contributed by atoms with Crippen LogP contribution in [0.1, 0.15) is 99.8 Å². The van der Waals surface area contributed by atoms with Crippen LogP contribution in [0.5, 0.6) is 0 Å². The molecular weight excluding hydrogens is 420 g/mol. The zero-order valence-electron chi connectivity index (χ0n) is 22.7. The highest BCUT2D eigenvalue weighted by Gasteiger charge is 2.63. The van der Waals surface area contributed by atoms with Crippen molar-refractivity contribution in [3.63, 3.8) is 0 Å². The maximum atomic E-state index is 12.5. The van der Waals surface area contributed by atoms with Gasteiger partial charge in [-0.15, -0.1) is 0 Å². The van der Waals surface area contributed by atoms with Crippen LogP contribution >= 0.6 is 0 Å². The molecule has 2 fully saturated rings. The van der Waals surface area contributed by atoms with E-state index in [1.165, 1.54) is 16.7 Å². The number of hydrogen-bond donors (Lipinski definition) is 2. The summed E-state index contributed by atoms with van der Waals surface area (Å²) in [6.45, 7) is 20.3. The van der Waals surface area contributed by atoms with Gasteiger partial charge in [-0.2, -0.15) is 0 Å². The smallest absolute Gasteiger partial charge is 0.306 e. The van der Waals surface area contributed by atoms with Crippen LogP contribution in [0.25, 0.3) is 0 Å². The Morgan fingerprint density at radius 3 is 2.38 bits per heavy atom. The summed E-state index contributed by atoms with van der Waals surface area (Å²) >= 11 is 0. The molecule has 2 saturated carbocycles. The minimum absolute atomic E-state index is 0.0126. The highest BCUT2D eigenvalue weighted by Crippen LogP contribution is 2.71. The molecule has 0 bridgehead atoms. The van der Waals surface area contributed by atoms with Crippen LogP contribution in [0.4, 0.5) is 0 Å². The van der Waals surface area contributed by atoms with Crippen LogP contribution in [0.2, 0.25) is 0 Å². The number of aliphatic carboxylic acids is 1. The number of carboxylic acids is 1. The molecule has 0 aromatic rings. The molecule has 3 nitrogen and oxygen atoms in total. The fraction of sp³-hybridized carbons (Fsp3) is 0.774. The molecule has 34 heavy (non-hydrogen) atoms. The first-order valence-electron chi connectivity index (χ1n) is 13.7. The van der Waals surface area contributed by atoms with Crippen molar-refractivity contribution >= 4 is 5.97 Å². The molecule has 190 valence electrons. The average Bonchev–Trinajstić information content (AvgIpc) is 3.02. The Morgan fingerprint density at radius 2 is 1.76 bits per heavy atom. The Morgan fingerprint density at radius 1 is 1.09 bits per heavy atom. The summed E-state index contributed by atoms with van der Waals surface area (Å²) in [4.78, 5) is 12.5. The van der Waals surface area contributed by atoms with Crippen molar-refractivity contribution in [1.29, 1.82) is 0 Å². The van der Waals surface area contributed by atoms with E-state index in [4.69, 9.17) is 0 Å². The molecule has 0 aliphatic heterocycles. The zero-order valence-corrected chi connectivity index (χ0v) is 22.7. The van der Waals surface area contributed by atoms with Crippen molar-refractivity contribution < 1.29 is 15.0 Å². The van der Waals surface area contributed by atoms with Gasteiger partial charge in [0.2, 0.25) is 0 Å². The number of rotatable bonds is 6. The molecule has 4 aliphatic carbocycles. The quantitative estimate of drug-likeness (QED) is 0.395. The lowest BCUT2D eigenvalue weighted by Crippen LogP contribution is -2.54. The molecule has 3 heteroatoms. The van der Waals surface area contributed by atoms with Gasteiger partial charge in [0.15, 0.2) is 0 Å². The second-order valence-corrected chi connectivity index (χ2v) is 13.7. The van der Waals surface area contributed by atoms with Crippen LogP contribution < -0.4 is 0 Å². The minimum atomic E-state index is -0.630. The number of aliphatic hydroxyl groups excluding tert-OH is 1. The first kappa shape index (κ1) is 25.7. The third-order valence-corrected chi connectivity index (χ3v) is 11.7. The summed E-state index contributed by atoms with van der Waals surface area (Å²) in [5, 5.41) is 21.1. The third-order valence-electron chi connectivity index (χ3n) is 11.7. The van der Waals surface area contributed by atoms with E-state index in [-0.39, 0.29) is 39.6 Å². The largest absolute Gasteiger partial charge is 0.481 e. The summed E-state index contributed by atoms with van der Waals surface area (Å²) in [7, 11) is 0.